The maximum Gasteiger partial charge on any atom is 0 e. The van der Waals surface area contributed by atoms with Crippen LogP contribution in [0.5, 0.6) is 0 Å². The van der Waals surface area contributed by atoms with E-state index >= 15 is 0 Å². The summed E-state index contributed by atoms with van der Waals surface area (Å²) in [4.78, 5) is 0. The van der Waals surface area contributed by atoms with Crippen LogP contribution in [0.4, 0.5) is 0 Å². The average molecular weight is 328 g/mol. The van der Waals surface area contributed by atoms with Gasteiger partial charge in [-0.2, -0.15) is 0 Å². The zero-order chi connectivity index (χ0) is 0. The second kappa shape index (κ2) is 645. The molecule has 0 heterocycles. The summed E-state index contributed by atoms with van der Waals surface area (Å²) in [6, 6.07) is 0. The SMILES string of the molecule is Cl.O.O.O.O.O.O.[W]. The van der Waals surface area contributed by atoms with Gasteiger partial charge in [-0.3, -0.25) is 0 Å². The van der Waals surface area contributed by atoms with Crippen LogP contribution in [0.3, 0.4) is 0 Å². The Balaban J connectivity index is 0. The molecule has 8 heteroatoms. The molecule has 0 amide bonds. The van der Waals surface area contributed by atoms with E-state index in [2.05, 4.69) is 0 Å². The largest absolute Gasteiger partial charge is 0.412 e. The molecule has 0 bridgehead atoms. The van der Waals surface area contributed by atoms with Crippen LogP contribution >= 0.6 is 12.4 Å². The van der Waals surface area contributed by atoms with Crippen LogP contribution < -0.4 is 0 Å². The molecule has 62 valence electrons. The predicted octanol–water partition coefficient (Wildman–Crippen LogP) is -4.53. The van der Waals surface area contributed by atoms with E-state index < -0.39 is 0 Å². The first-order chi connectivity index (χ1) is 0. The van der Waals surface area contributed by atoms with E-state index in [4.69, 9.17) is 0 Å². The zero-order valence-corrected chi connectivity index (χ0v) is 7.57. The number of halogens is 1. The van der Waals surface area contributed by atoms with E-state index in [1.165, 1.54) is 0 Å². The number of hydrogen-bond donors (Lipinski definition) is 0. The standard InChI is InChI=1S/ClH.6H2O.W/h1H;6*1H2;. The quantitative estimate of drug-likeness (QED) is 0.414. The van der Waals surface area contributed by atoms with E-state index in [1.807, 2.05) is 0 Å². The molecule has 0 saturated heterocycles. The van der Waals surface area contributed by atoms with Crippen molar-refractivity contribution in [2.75, 3.05) is 0 Å². The van der Waals surface area contributed by atoms with E-state index in [0.29, 0.717) is 0 Å². The molecule has 0 spiro atoms. The Morgan fingerprint density at radius 1 is 0.375 bits per heavy atom. The smallest absolute Gasteiger partial charge is 0 e. The van der Waals surface area contributed by atoms with Crippen LogP contribution in [0.1, 0.15) is 0 Å². The van der Waals surface area contributed by atoms with Crippen molar-refractivity contribution in [3.8, 4) is 0 Å². The molecule has 0 aliphatic rings. The van der Waals surface area contributed by atoms with Gasteiger partial charge in [0.05, 0.1) is 0 Å². The van der Waals surface area contributed by atoms with Gasteiger partial charge in [0, 0.05) is 21.1 Å². The van der Waals surface area contributed by atoms with E-state index in [1.54, 1.807) is 0 Å². The molecule has 12 N–H and O–H groups in total. The molecule has 0 aromatic carbocycles. The topological polar surface area (TPSA) is 189 Å². The normalized spacial score (nSPS) is 0. The Bertz CT molecular complexity index is 8.49. The van der Waals surface area contributed by atoms with Crippen LogP contribution in [0.25, 0.3) is 0 Å². The second-order valence-corrected chi connectivity index (χ2v) is 0. The molecule has 6 nitrogen and oxygen atoms in total. The van der Waals surface area contributed by atoms with Crippen molar-refractivity contribution in [3.05, 3.63) is 0 Å². The fourth-order valence-electron chi connectivity index (χ4n) is 0. The number of hydrogen-bond acceptors (Lipinski definition) is 0. The average Bonchev–Trinajstić information content (AvgIpc) is 0. The Morgan fingerprint density at radius 2 is 0.375 bits per heavy atom. The first-order valence-corrected chi connectivity index (χ1v) is 0. The summed E-state index contributed by atoms with van der Waals surface area (Å²) >= 11 is 0. The van der Waals surface area contributed by atoms with Gasteiger partial charge in [-0.1, -0.05) is 0 Å². The summed E-state index contributed by atoms with van der Waals surface area (Å²) in [6.45, 7) is 0. The van der Waals surface area contributed by atoms with E-state index in [-0.39, 0.29) is 66.3 Å². The molecule has 0 rings (SSSR count). The monoisotopic (exact) mass is 328 g/mol. The van der Waals surface area contributed by atoms with Gasteiger partial charge >= 0.3 is 0 Å². The van der Waals surface area contributed by atoms with Crippen LogP contribution in [0.2, 0.25) is 0 Å². The summed E-state index contributed by atoms with van der Waals surface area (Å²) < 4.78 is 0. The molecule has 0 saturated carbocycles. The molecule has 0 aromatic heterocycles. The fourth-order valence-corrected chi connectivity index (χ4v) is 0. The second-order valence-electron chi connectivity index (χ2n) is 0. The van der Waals surface area contributed by atoms with Crippen molar-refractivity contribution >= 4 is 12.4 Å². The van der Waals surface area contributed by atoms with Crippen LogP contribution in [-0.2, 0) is 21.1 Å². The Kier molecular flexibility index (Phi) is 77300. The summed E-state index contributed by atoms with van der Waals surface area (Å²) in [7, 11) is 0. The zero-order valence-electron chi connectivity index (χ0n) is 3.82. The van der Waals surface area contributed by atoms with Gasteiger partial charge in [0.1, 0.15) is 0 Å². The predicted molar refractivity (Wildman–Crippen MR) is 28.9 cm³/mol. The molecule has 0 aliphatic carbocycles. The van der Waals surface area contributed by atoms with Crippen LogP contribution in [-0.4, -0.2) is 32.9 Å². The maximum absolute atomic E-state index is 0. The minimum Gasteiger partial charge on any atom is -0.412 e. The molecule has 0 aliphatic heterocycles. The van der Waals surface area contributed by atoms with Crippen molar-refractivity contribution in [2.45, 2.75) is 0 Å². The van der Waals surface area contributed by atoms with E-state index in [9.17, 15) is 0 Å². The minimum absolute atomic E-state index is 0. The summed E-state index contributed by atoms with van der Waals surface area (Å²) in [5.41, 5.74) is 0. The Morgan fingerprint density at radius 3 is 0.375 bits per heavy atom. The third-order valence-corrected chi connectivity index (χ3v) is 0. The van der Waals surface area contributed by atoms with E-state index in [0.717, 1.165) is 0 Å². The van der Waals surface area contributed by atoms with Crippen LogP contribution in [0, 0.1) is 0 Å². The first-order valence-electron chi connectivity index (χ1n) is 0. The van der Waals surface area contributed by atoms with Gasteiger partial charge in [-0.15, -0.1) is 12.4 Å². The maximum atomic E-state index is 0. The summed E-state index contributed by atoms with van der Waals surface area (Å²) in [5, 5.41) is 0. The molecule has 0 fully saturated rings. The van der Waals surface area contributed by atoms with Crippen molar-refractivity contribution in [1.29, 1.82) is 0 Å². The molecular formula is H13ClO6W. The summed E-state index contributed by atoms with van der Waals surface area (Å²) in [5.74, 6) is 0. The molecule has 0 radical (unpaired) electrons. The van der Waals surface area contributed by atoms with Gasteiger partial charge in [-0.05, 0) is 0 Å². The van der Waals surface area contributed by atoms with Gasteiger partial charge < -0.3 is 32.9 Å². The van der Waals surface area contributed by atoms with Gasteiger partial charge in [0.25, 0.3) is 0 Å². The van der Waals surface area contributed by atoms with Crippen molar-refractivity contribution in [1.82, 2.24) is 0 Å². The third kappa shape index (κ3) is 407. The van der Waals surface area contributed by atoms with Crippen molar-refractivity contribution in [2.24, 2.45) is 0 Å². The molecular weight excluding hydrogens is 315 g/mol. The van der Waals surface area contributed by atoms with Crippen molar-refractivity contribution < 1.29 is 53.9 Å². The van der Waals surface area contributed by atoms with Crippen LogP contribution in [0.15, 0.2) is 0 Å². The molecule has 0 aromatic rings. The van der Waals surface area contributed by atoms with Gasteiger partial charge in [0.15, 0.2) is 0 Å². The minimum atomic E-state index is 0. The number of rotatable bonds is 0. The molecule has 0 unspecified atom stereocenters. The summed E-state index contributed by atoms with van der Waals surface area (Å²) in [6.07, 6.45) is 0. The van der Waals surface area contributed by atoms with Gasteiger partial charge in [0.2, 0.25) is 0 Å². The van der Waals surface area contributed by atoms with Gasteiger partial charge in [-0.25, -0.2) is 0 Å². The Hall–Kier alpha value is 0.738. The molecule has 8 heavy (non-hydrogen) atoms. The fraction of sp³-hybridized carbons (Fsp3) is 0. The molecule has 0 atom stereocenters. The third-order valence-electron chi connectivity index (χ3n) is 0. The Labute approximate surface area is 66.8 Å². The van der Waals surface area contributed by atoms with Crippen molar-refractivity contribution in [3.63, 3.8) is 0 Å². The first kappa shape index (κ1) is 960.